The minimum absolute atomic E-state index is 0.0257. The first kappa shape index (κ1) is 14.5. The largest absolute Gasteiger partial charge is 0.506 e. The summed E-state index contributed by atoms with van der Waals surface area (Å²) in [6.07, 6.45) is 0. The number of hydrogen-bond acceptors (Lipinski definition) is 6. The number of carbonyl (C=O) groups is 1. The van der Waals surface area contributed by atoms with Gasteiger partial charge in [0.15, 0.2) is 0 Å². The Morgan fingerprint density at radius 2 is 1.71 bits per heavy atom. The molecule has 2 N–H and O–H groups in total. The Hall–Kier alpha value is -2.89. The Morgan fingerprint density at radius 1 is 1.05 bits per heavy atom. The standard InChI is InChI=1S/C15H14N2O4/c1-2-21-15(20)10-7-8-14(19)12(9-10)17-16-11-5-3-4-6-13(11)18/h3-9,18-19H,2H2,1H3. The maximum absolute atomic E-state index is 11.6. The molecule has 21 heavy (non-hydrogen) atoms. The van der Waals surface area contributed by atoms with Crippen molar-refractivity contribution in [1.82, 2.24) is 0 Å². The van der Waals surface area contributed by atoms with E-state index >= 15 is 0 Å². The van der Waals surface area contributed by atoms with E-state index < -0.39 is 5.97 Å². The van der Waals surface area contributed by atoms with Crippen LogP contribution in [0.1, 0.15) is 17.3 Å². The number of carbonyl (C=O) groups excluding carboxylic acids is 1. The summed E-state index contributed by atoms with van der Waals surface area (Å²) in [5.74, 6) is -0.652. The number of hydrogen-bond donors (Lipinski definition) is 2. The Kier molecular flexibility index (Phi) is 4.50. The van der Waals surface area contributed by atoms with Crippen molar-refractivity contribution in [3.05, 3.63) is 48.0 Å². The predicted octanol–water partition coefficient (Wildman–Crippen LogP) is 3.69. The lowest BCUT2D eigenvalue weighted by atomic mass is 10.2. The van der Waals surface area contributed by atoms with Crippen LogP contribution in [0, 0.1) is 0 Å². The highest BCUT2D eigenvalue weighted by atomic mass is 16.5. The number of phenols is 2. The first-order chi connectivity index (χ1) is 10.1. The molecule has 0 unspecified atom stereocenters. The molecule has 0 radical (unpaired) electrons. The molecule has 108 valence electrons. The van der Waals surface area contributed by atoms with Crippen molar-refractivity contribution in [2.75, 3.05) is 6.61 Å². The molecular formula is C15H14N2O4. The molecule has 0 heterocycles. The highest BCUT2D eigenvalue weighted by molar-refractivity contribution is 5.90. The molecule has 2 aromatic rings. The fourth-order valence-corrected chi connectivity index (χ4v) is 1.60. The molecule has 2 aromatic carbocycles. The normalized spacial score (nSPS) is 10.7. The highest BCUT2D eigenvalue weighted by Gasteiger charge is 2.10. The van der Waals surface area contributed by atoms with E-state index in [1.807, 2.05) is 0 Å². The van der Waals surface area contributed by atoms with Crippen molar-refractivity contribution in [2.45, 2.75) is 6.92 Å². The Morgan fingerprint density at radius 3 is 2.43 bits per heavy atom. The van der Waals surface area contributed by atoms with Crippen LogP contribution in [0.2, 0.25) is 0 Å². The Bertz CT molecular complexity index is 683. The number of azo groups is 1. The van der Waals surface area contributed by atoms with E-state index in [0.717, 1.165) is 0 Å². The summed E-state index contributed by atoms with van der Waals surface area (Å²) < 4.78 is 4.87. The number of esters is 1. The summed E-state index contributed by atoms with van der Waals surface area (Å²) in [6, 6.07) is 10.6. The maximum Gasteiger partial charge on any atom is 0.338 e. The van der Waals surface area contributed by atoms with Crippen LogP contribution >= 0.6 is 0 Å². The number of ether oxygens (including phenoxy) is 1. The number of phenolic OH excluding ortho intramolecular Hbond substituents is 2. The van der Waals surface area contributed by atoms with Crippen molar-refractivity contribution in [3.8, 4) is 11.5 Å². The van der Waals surface area contributed by atoms with Crippen LogP contribution in [-0.4, -0.2) is 22.8 Å². The molecule has 0 saturated carbocycles. The average molecular weight is 286 g/mol. The highest BCUT2D eigenvalue weighted by Crippen LogP contribution is 2.31. The fourth-order valence-electron chi connectivity index (χ4n) is 1.60. The number of benzene rings is 2. The fraction of sp³-hybridized carbons (Fsp3) is 0.133. The molecule has 0 fully saturated rings. The molecule has 6 heteroatoms. The van der Waals surface area contributed by atoms with Crippen LogP contribution in [-0.2, 0) is 4.74 Å². The summed E-state index contributed by atoms with van der Waals surface area (Å²) in [6.45, 7) is 1.96. The van der Waals surface area contributed by atoms with Gasteiger partial charge in [-0.2, -0.15) is 0 Å². The van der Waals surface area contributed by atoms with Crippen LogP contribution in [0.5, 0.6) is 11.5 Å². The van der Waals surface area contributed by atoms with Gasteiger partial charge in [0.2, 0.25) is 0 Å². The third-order valence-corrected chi connectivity index (χ3v) is 2.63. The third kappa shape index (κ3) is 3.56. The van der Waals surface area contributed by atoms with E-state index in [2.05, 4.69) is 10.2 Å². The minimum atomic E-state index is -0.503. The van der Waals surface area contributed by atoms with E-state index in [0.29, 0.717) is 0 Å². The third-order valence-electron chi connectivity index (χ3n) is 2.63. The topological polar surface area (TPSA) is 91.5 Å². The lowest BCUT2D eigenvalue weighted by Gasteiger charge is -2.03. The van der Waals surface area contributed by atoms with Gasteiger partial charge in [0, 0.05) is 0 Å². The number of aromatic hydroxyl groups is 2. The van der Waals surface area contributed by atoms with Gasteiger partial charge in [-0.25, -0.2) is 4.79 Å². The molecule has 0 atom stereocenters. The molecule has 0 amide bonds. The van der Waals surface area contributed by atoms with E-state index in [4.69, 9.17) is 4.74 Å². The second kappa shape index (κ2) is 6.51. The molecule has 0 aliphatic rings. The van der Waals surface area contributed by atoms with Crippen LogP contribution in [0.15, 0.2) is 52.7 Å². The number of para-hydroxylation sites is 1. The predicted molar refractivity (Wildman–Crippen MR) is 76.3 cm³/mol. The van der Waals surface area contributed by atoms with Gasteiger partial charge in [-0.3, -0.25) is 0 Å². The average Bonchev–Trinajstić information content (AvgIpc) is 2.48. The zero-order valence-electron chi connectivity index (χ0n) is 11.4. The monoisotopic (exact) mass is 286 g/mol. The first-order valence-electron chi connectivity index (χ1n) is 6.31. The van der Waals surface area contributed by atoms with Gasteiger partial charge in [0.05, 0.1) is 12.2 Å². The van der Waals surface area contributed by atoms with Gasteiger partial charge >= 0.3 is 5.97 Å². The van der Waals surface area contributed by atoms with Gasteiger partial charge in [0.1, 0.15) is 22.9 Å². The van der Waals surface area contributed by atoms with Gasteiger partial charge in [0.25, 0.3) is 0 Å². The van der Waals surface area contributed by atoms with Crippen LogP contribution in [0.3, 0.4) is 0 Å². The molecule has 6 nitrogen and oxygen atoms in total. The molecule has 0 aliphatic carbocycles. The van der Waals surface area contributed by atoms with Gasteiger partial charge in [-0.05, 0) is 37.3 Å². The van der Waals surface area contributed by atoms with E-state index in [1.54, 1.807) is 25.1 Å². The second-order valence-corrected chi connectivity index (χ2v) is 4.11. The van der Waals surface area contributed by atoms with Gasteiger partial charge in [-0.1, -0.05) is 12.1 Å². The summed E-state index contributed by atoms with van der Waals surface area (Å²) in [7, 11) is 0. The van der Waals surface area contributed by atoms with Crippen LogP contribution in [0.25, 0.3) is 0 Å². The number of rotatable bonds is 4. The van der Waals surface area contributed by atoms with E-state index in [9.17, 15) is 15.0 Å². The summed E-state index contributed by atoms with van der Waals surface area (Å²) >= 11 is 0. The molecule has 2 rings (SSSR count). The summed E-state index contributed by atoms with van der Waals surface area (Å²) in [5, 5.41) is 27.0. The SMILES string of the molecule is CCOC(=O)c1ccc(O)c(N=Nc2ccccc2O)c1. The maximum atomic E-state index is 11.6. The molecule has 0 aliphatic heterocycles. The summed E-state index contributed by atoms with van der Waals surface area (Å²) in [5.41, 5.74) is 0.642. The lowest BCUT2D eigenvalue weighted by molar-refractivity contribution is 0.0526. The smallest absolute Gasteiger partial charge is 0.338 e. The van der Waals surface area contributed by atoms with Crippen molar-refractivity contribution >= 4 is 17.3 Å². The van der Waals surface area contributed by atoms with Crippen molar-refractivity contribution in [1.29, 1.82) is 0 Å². The van der Waals surface area contributed by atoms with Crippen molar-refractivity contribution in [2.24, 2.45) is 10.2 Å². The molecule has 0 spiro atoms. The van der Waals surface area contributed by atoms with Gasteiger partial charge in [-0.15, -0.1) is 10.2 Å². The molecule has 0 bridgehead atoms. The zero-order chi connectivity index (χ0) is 15.2. The van der Waals surface area contributed by atoms with Crippen molar-refractivity contribution in [3.63, 3.8) is 0 Å². The first-order valence-corrected chi connectivity index (χ1v) is 6.31. The summed E-state index contributed by atoms with van der Waals surface area (Å²) in [4.78, 5) is 11.6. The van der Waals surface area contributed by atoms with Crippen LogP contribution < -0.4 is 0 Å². The van der Waals surface area contributed by atoms with Gasteiger partial charge < -0.3 is 14.9 Å². The number of nitrogens with zero attached hydrogens (tertiary/aromatic N) is 2. The van der Waals surface area contributed by atoms with E-state index in [1.165, 1.54) is 24.3 Å². The van der Waals surface area contributed by atoms with E-state index in [-0.39, 0.29) is 35.0 Å². The molecular weight excluding hydrogens is 272 g/mol. The quantitative estimate of drug-likeness (QED) is 0.662. The Balaban J connectivity index is 2.29. The lowest BCUT2D eigenvalue weighted by Crippen LogP contribution is -2.03. The minimum Gasteiger partial charge on any atom is -0.506 e. The zero-order valence-corrected chi connectivity index (χ0v) is 11.4. The van der Waals surface area contributed by atoms with Crippen LogP contribution in [0.4, 0.5) is 11.4 Å². The second-order valence-electron chi connectivity index (χ2n) is 4.11. The Labute approximate surface area is 121 Å². The molecule has 0 saturated heterocycles. The molecule has 0 aromatic heterocycles. The van der Waals surface area contributed by atoms with Crippen molar-refractivity contribution < 1.29 is 19.7 Å².